The van der Waals surface area contributed by atoms with E-state index in [0.717, 1.165) is 34.6 Å². The van der Waals surface area contributed by atoms with Crippen LogP contribution < -0.4 is 4.57 Å². The summed E-state index contributed by atoms with van der Waals surface area (Å²) in [5.74, 6) is 0. The van der Waals surface area contributed by atoms with Gasteiger partial charge in [0.15, 0.2) is 12.2 Å². The van der Waals surface area contributed by atoms with E-state index in [-0.39, 0.29) is 6.42 Å². The highest BCUT2D eigenvalue weighted by Crippen LogP contribution is 2.32. The largest absolute Gasteiger partial charge is 0.213 e. The van der Waals surface area contributed by atoms with Gasteiger partial charge in [-0.25, -0.2) is 0 Å². The zero-order valence-electron chi connectivity index (χ0n) is 15.6. The van der Waals surface area contributed by atoms with E-state index >= 15 is 0 Å². The van der Waals surface area contributed by atoms with Crippen molar-refractivity contribution in [3.63, 3.8) is 0 Å². The maximum Gasteiger partial charge on any atom is 0.213 e. The molecule has 22 heavy (non-hydrogen) atoms. The summed E-state index contributed by atoms with van der Waals surface area (Å²) in [6, 6.07) is 20.7. The Morgan fingerprint density at radius 1 is 0.909 bits per heavy atom. The van der Waals surface area contributed by atoms with Gasteiger partial charge < -0.3 is 0 Å². The summed E-state index contributed by atoms with van der Waals surface area (Å²) < 4.78 is 25.7. The van der Waals surface area contributed by atoms with Crippen molar-refractivity contribution in [2.75, 3.05) is 0 Å². The quantitative estimate of drug-likeness (QED) is 0.477. The van der Waals surface area contributed by atoms with Gasteiger partial charge >= 0.3 is 0 Å². The van der Waals surface area contributed by atoms with Gasteiger partial charge in [0, 0.05) is 27.7 Å². The highest BCUT2D eigenvalue weighted by molar-refractivity contribution is 5.71. The van der Waals surface area contributed by atoms with Crippen LogP contribution in [0.3, 0.4) is 0 Å². The lowest BCUT2D eigenvalue weighted by molar-refractivity contribution is -0.679. The minimum Gasteiger partial charge on any atom is -0.191 e. The minimum atomic E-state index is -2.01. The molecule has 0 radical (unpaired) electrons. The fourth-order valence-electron chi connectivity index (χ4n) is 3.44. The Hall–Kier alpha value is -2.41. The number of fused-ring (bicyclic) bond motifs is 3. The summed E-state index contributed by atoms with van der Waals surface area (Å²) in [6.07, 6.45) is 0.0680. The predicted molar refractivity (Wildman–Crippen MR) is 90.7 cm³/mol. The Bertz CT molecular complexity index is 958. The van der Waals surface area contributed by atoms with Crippen LogP contribution in [0.2, 0.25) is 0 Å². The molecule has 0 atom stereocenters. The average Bonchev–Trinajstić information content (AvgIpc) is 2.94. The molecule has 1 aromatic heterocycles. The Balaban J connectivity index is 1.95. The highest BCUT2D eigenvalue weighted by Gasteiger charge is 2.30. The van der Waals surface area contributed by atoms with Gasteiger partial charge in [0.05, 0.1) is 5.56 Å². The third-order valence-electron chi connectivity index (χ3n) is 4.56. The molecule has 0 spiro atoms. The van der Waals surface area contributed by atoms with Gasteiger partial charge in [-0.2, -0.15) is 4.57 Å². The van der Waals surface area contributed by atoms with Gasteiger partial charge in [0.1, 0.15) is 0 Å². The Morgan fingerprint density at radius 3 is 2.50 bits per heavy atom. The summed E-state index contributed by atoms with van der Waals surface area (Å²) in [4.78, 5) is 0. The van der Waals surface area contributed by atoms with E-state index in [1.165, 1.54) is 11.1 Å². The van der Waals surface area contributed by atoms with Crippen molar-refractivity contribution < 1.29 is 8.68 Å². The molecule has 0 bridgehead atoms. The fraction of sp³-hybridized carbons (Fsp3) is 0.190. The Morgan fingerprint density at radius 2 is 1.68 bits per heavy atom. The first-order valence-corrected chi connectivity index (χ1v) is 7.64. The average molecular weight is 289 g/mol. The summed E-state index contributed by atoms with van der Waals surface area (Å²) in [5.41, 5.74) is 7.72. The maximum absolute atomic E-state index is 7.83. The molecule has 0 saturated heterocycles. The minimum absolute atomic E-state index is 0.0680. The molecule has 4 rings (SSSR count). The number of pyridine rings is 1. The number of hydrogen-bond donors (Lipinski definition) is 0. The summed E-state index contributed by atoms with van der Waals surface area (Å²) in [6.45, 7) is 0.798. The van der Waals surface area contributed by atoms with Gasteiger partial charge in [-0.1, -0.05) is 49.3 Å². The van der Waals surface area contributed by atoms with Crippen LogP contribution in [0.1, 0.15) is 27.8 Å². The first kappa shape index (κ1) is 10.3. The van der Waals surface area contributed by atoms with Gasteiger partial charge in [-0.05, 0) is 30.2 Å². The number of hydrogen-bond acceptors (Lipinski definition) is 0. The van der Waals surface area contributed by atoms with Crippen molar-refractivity contribution in [3.8, 4) is 22.4 Å². The third kappa shape index (κ3) is 1.89. The zero-order valence-corrected chi connectivity index (χ0v) is 12.6. The molecule has 0 N–H and O–H groups in total. The van der Waals surface area contributed by atoms with Crippen molar-refractivity contribution in [3.05, 3.63) is 77.5 Å². The monoisotopic (exact) mass is 289 g/mol. The van der Waals surface area contributed by atoms with E-state index in [4.69, 9.17) is 4.11 Å². The Labute approximate surface area is 136 Å². The van der Waals surface area contributed by atoms with Gasteiger partial charge in [0.2, 0.25) is 5.69 Å². The van der Waals surface area contributed by atoms with Crippen molar-refractivity contribution in [2.45, 2.75) is 26.7 Å². The Kier molecular flexibility index (Phi) is 2.40. The van der Waals surface area contributed by atoms with Crippen LogP contribution in [0.4, 0.5) is 0 Å². The van der Waals surface area contributed by atoms with E-state index in [9.17, 15) is 0 Å². The van der Waals surface area contributed by atoms with Crippen LogP contribution in [0.15, 0.2) is 60.7 Å². The number of aryl methyl sites for hydroxylation is 1. The molecule has 1 nitrogen and oxygen atoms in total. The second kappa shape index (κ2) is 5.10. The summed E-state index contributed by atoms with van der Waals surface area (Å²) >= 11 is 0. The van der Waals surface area contributed by atoms with E-state index in [2.05, 4.69) is 47.9 Å². The van der Waals surface area contributed by atoms with E-state index in [1.54, 1.807) is 0 Å². The van der Waals surface area contributed by atoms with Crippen LogP contribution in [-0.4, -0.2) is 0 Å². The molecule has 0 saturated carbocycles. The normalized spacial score (nSPS) is 14.7. The molecule has 0 fully saturated rings. The van der Waals surface area contributed by atoms with Crippen molar-refractivity contribution >= 4 is 0 Å². The van der Waals surface area contributed by atoms with Crippen molar-refractivity contribution in [2.24, 2.45) is 0 Å². The van der Waals surface area contributed by atoms with Crippen LogP contribution in [-0.2, 0) is 13.0 Å². The van der Waals surface area contributed by atoms with Gasteiger partial charge in [0.25, 0.3) is 0 Å². The van der Waals surface area contributed by atoms with Gasteiger partial charge in [-0.3, -0.25) is 0 Å². The standard InChI is InChI=1S/C21H20N/c1-3-20-19(17-10-6-4-8-15(17)2)12-13-21-18-11-7-5-9-16(18)14-22(20)21/h4-13H,3,14H2,1-2H3/q+1/i1D3. The lowest BCUT2D eigenvalue weighted by Crippen LogP contribution is -2.37. The number of benzene rings is 2. The van der Waals surface area contributed by atoms with E-state index < -0.39 is 6.85 Å². The molecule has 108 valence electrons. The summed E-state index contributed by atoms with van der Waals surface area (Å²) in [5, 5.41) is 0. The van der Waals surface area contributed by atoms with Crippen molar-refractivity contribution in [1.29, 1.82) is 0 Å². The second-order valence-corrected chi connectivity index (χ2v) is 5.81. The number of rotatable bonds is 2. The zero-order chi connectivity index (χ0) is 17.6. The van der Waals surface area contributed by atoms with E-state index in [0.29, 0.717) is 0 Å². The molecule has 0 amide bonds. The predicted octanol–water partition coefficient (Wildman–Crippen LogP) is 4.54. The molecular weight excluding hydrogens is 266 g/mol. The van der Waals surface area contributed by atoms with Crippen molar-refractivity contribution in [1.82, 2.24) is 0 Å². The molecule has 0 unspecified atom stereocenters. The van der Waals surface area contributed by atoms with E-state index in [1.807, 2.05) is 24.3 Å². The molecule has 0 aliphatic carbocycles. The van der Waals surface area contributed by atoms with Gasteiger partial charge in [-0.15, -0.1) is 0 Å². The number of aromatic nitrogens is 1. The fourth-order valence-corrected chi connectivity index (χ4v) is 3.44. The lowest BCUT2D eigenvalue weighted by atomic mass is 9.97. The molecule has 1 aliphatic heterocycles. The van der Waals surface area contributed by atoms with Crippen LogP contribution in [0.25, 0.3) is 22.4 Å². The lowest BCUT2D eigenvalue weighted by Gasteiger charge is -2.10. The van der Waals surface area contributed by atoms with Crippen LogP contribution in [0.5, 0.6) is 0 Å². The summed E-state index contributed by atoms with van der Waals surface area (Å²) in [7, 11) is 0. The highest BCUT2D eigenvalue weighted by atomic mass is 15.0. The topological polar surface area (TPSA) is 3.88 Å². The molecular formula is C21H20N+. The molecule has 1 heteroatoms. The van der Waals surface area contributed by atoms with Crippen LogP contribution in [0, 0.1) is 6.92 Å². The molecule has 3 aromatic rings. The van der Waals surface area contributed by atoms with Crippen LogP contribution >= 0.6 is 0 Å². The molecule has 2 aromatic carbocycles. The smallest absolute Gasteiger partial charge is 0.191 e. The number of nitrogens with zero attached hydrogens (tertiary/aromatic N) is 1. The third-order valence-corrected chi connectivity index (χ3v) is 4.56. The molecule has 2 heterocycles. The molecule has 1 aliphatic rings. The first-order chi connectivity index (χ1) is 11.9. The second-order valence-electron chi connectivity index (χ2n) is 5.81. The SMILES string of the molecule is [2H]C([2H])([2H])Cc1c(-c2ccccc2C)ccc2[n+]1Cc1ccccc1-2. The maximum atomic E-state index is 7.83. The first-order valence-electron chi connectivity index (χ1n) is 9.14.